The lowest BCUT2D eigenvalue weighted by Gasteiger charge is -2.30. The SMILES string of the molecule is COC(=O)N[C@H](C(=O)N1CCC[C@H]1c1ncc(-c2ccc(-c3cn4cc(NC(=O)[C@@H]5CCCN5C(=O)[C@H](NC(=O)OC(C)(C)C)c5ccccc5)nc4s3)cc2)[nH]1)C(C)C. The summed E-state index contributed by atoms with van der Waals surface area (Å²) in [5, 5.41) is 8.31. The van der Waals surface area contributed by atoms with Gasteiger partial charge in [0.25, 0.3) is 5.91 Å². The Morgan fingerprint density at radius 3 is 2.25 bits per heavy atom. The number of aromatic nitrogens is 4. The molecule has 0 bridgehead atoms. The third-order valence-corrected chi connectivity index (χ3v) is 11.7. The maximum atomic E-state index is 14.0. The molecule has 16 nitrogen and oxygen atoms in total. The predicted octanol–water partition coefficient (Wildman–Crippen LogP) is 6.69. The van der Waals surface area contributed by atoms with E-state index in [0.29, 0.717) is 48.1 Å². The number of methoxy groups -OCH3 is 1. The van der Waals surface area contributed by atoms with Gasteiger partial charge in [0.2, 0.25) is 11.8 Å². The monoisotopic (exact) mass is 837 g/mol. The molecule has 2 saturated heterocycles. The number of nitrogens with zero attached hydrogens (tertiary/aromatic N) is 5. The van der Waals surface area contributed by atoms with Crippen LogP contribution in [-0.4, -0.2) is 96.9 Å². The summed E-state index contributed by atoms with van der Waals surface area (Å²) in [6.07, 6.45) is 6.81. The van der Waals surface area contributed by atoms with Crippen LogP contribution in [0, 0.1) is 5.92 Å². The van der Waals surface area contributed by atoms with Crippen molar-refractivity contribution in [1.29, 1.82) is 0 Å². The molecule has 5 amide bonds. The molecule has 2 aliphatic heterocycles. The van der Waals surface area contributed by atoms with Crippen molar-refractivity contribution in [3.63, 3.8) is 0 Å². The van der Waals surface area contributed by atoms with Crippen molar-refractivity contribution < 1.29 is 33.4 Å². The maximum Gasteiger partial charge on any atom is 0.408 e. The van der Waals surface area contributed by atoms with Crippen LogP contribution in [0.5, 0.6) is 0 Å². The minimum atomic E-state index is -1.03. The first kappa shape index (κ1) is 41.9. The summed E-state index contributed by atoms with van der Waals surface area (Å²) in [5.41, 5.74) is 2.57. The molecule has 5 aromatic rings. The number of rotatable bonds is 11. The Balaban J connectivity index is 0.991. The number of anilines is 1. The molecule has 0 saturated carbocycles. The highest BCUT2D eigenvalue weighted by Gasteiger charge is 2.40. The van der Waals surface area contributed by atoms with Crippen molar-refractivity contribution in [2.45, 2.75) is 90.1 Å². The average Bonchev–Trinajstić information content (AvgIpc) is 4.07. The molecule has 2 fully saturated rings. The number of H-pyrrole nitrogens is 1. The highest BCUT2D eigenvalue weighted by molar-refractivity contribution is 7.20. The van der Waals surface area contributed by atoms with Gasteiger partial charge in [0.1, 0.15) is 29.6 Å². The van der Waals surface area contributed by atoms with Gasteiger partial charge in [-0.2, -0.15) is 0 Å². The minimum absolute atomic E-state index is 0.122. The van der Waals surface area contributed by atoms with Gasteiger partial charge in [-0.05, 0) is 69.1 Å². The molecular weight excluding hydrogens is 787 g/mol. The van der Waals surface area contributed by atoms with Crippen LogP contribution < -0.4 is 16.0 Å². The van der Waals surface area contributed by atoms with Crippen LogP contribution in [0.1, 0.15) is 83.8 Å². The second-order valence-electron chi connectivity index (χ2n) is 16.4. The number of thiazole rings is 1. The molecule has 60 heavy (non-hydrogen) atoms. The van der Waals surface area contributed by atoms with Crippen LogP contribution in [0.15, 0.2) is 73.2 Å². The number of benzene rings is 2. The van der Waals surface area contributed by atoms with E-state index in [0.717, 1.165) is 34.5 Å². The second-order valence-corrected chi connectivity index (χ2v) is 17.4. The Bertz CT molecular complexity index is 2320. The minimum Gasteiger partial charge on any atom is -0.453 e. The molecule has 4 atom stereocenters. The molecular formula is C43H51N9O7S. The number of hydrogen-bond donors (Lipinski definition) is 4. The molecule has 2 aromatic carbocycles. The number of amides is 5. The molecule has 5 heterocycles. The Hall–Kier alpha value is -6.23. The first-order chi connectivity index (χ1) is 28.7. The van der Waals surface area contributed by atoms with E-state index in [9.17, 15) is 24.0 Å². The summed E-state index contributed by atoms with van der Waals surface area (Å²) < 4.78 is 12.1. The summed E-state index contributed by atoms with van der Waals surface area (Å²) in [7, 11) is 1.28. The van der Waals surface area contributed by atoms with Crippen molar-refractivity contribution in [2.24, 2.45) is 5.92 Å². The average molecular weight is 838 g/mol. The smallest absolute Gasteiger partial charge is 0.408 e. The zero-order valence-electron chi connectivity index (χ0n) is 34.6. The molecule has 0 spiro atoms. The number of likely N-dealkylation sites (tertiary alicyclic amines) is 2. The molecule has 316 valence electrons. The van der Waals surface area contributed by atoms with Gasteiger partial charge in [-0.15, -0.1) is 0 Å². The standard InChI is InChI=1S/C43H51N9O7S/c1-25(2)34(48-41(56)58-6)38(54)51-20-10-14-30(51)36-44-22-29(45-36)26-16-18-27(19-17-26)32-23-50-24-33(47-40(50)60-32)46-37(53)31-15-11-21-52(31)39(55)35(28-12-8-7-9-13-28)49-42(57)59-43(3,4)5/h7-9,12-13,16-19,22-25,30-31,34-35H,10-11,14-15,20-21H2,1-6H3,(H,44,45)(H,46,53)(H,48,56)(H,49,57)/t30-,31-,34-,35+/m0/s1. The molecule has 2 aliphatic rings. The van der Waals surface area contributed by atoms with Gasteiger partial charge in [-0.25, -0.2) is 19.6 Å². The lowest BCUT2D eigenvalue weighted by atomic mass is 10.0. The first-order valence-corrected chi connectivity index (χ1v) is 21.0. The van der Waals surface area contributed by atoms with E-state index in [1.807, 2.05) is 54.8 Å². The number of nitrogens with one attached hydrogen (secondary N) is 4. The van der Waals surface area contributed by atoms with Crippen molar-refractivity contribution >= 4 is 52.0 Å². The van der Waals surface area contributed by atoms with Crippen LogP contribution >= 0.6 is 11.3 Å². The second kappa shape index (κ2) is 17.6. The zero-order valence-corrected chi connectivity index (χ0v) is 35.4. The van der Waals surface area contributed by atoms with Crippen LogP contribution in [0.2, 0.25) is 0 Å². The number of ether oxygens (including phenoxy) is 2. The number of hydrogen-bond acceptors (Lipinski definition) is 10. The van der Waals surface area contributed by atoms with Gasteiger partial charge in [0.05, 0.1) is 36.1 Å². The van der Waals surface area contributed by atoms with E-state index >= 15 is 0 Å². The fourth-order valence-corrected chi connectivity index (χ4v) is 8.66. The maximum absolute atomic E-state index is 14.0. The quantitative estimate of drug-likeness (QED) is 0.112. The Kier molecular flexibility index (Phi) is 12.3. The van der Waals surface area contributed by atoms with Gasteiger partial charge in [-0.3, -0.25) is 18.8 Å². The molecule has 0 radical (unpaired) electrons. The number of alkyl carbamates (subject to hydrolysis) is 2. The predicted molar refractivity (Wildman–Crippen MR) is 226 cm³/mol. The summed E-state index contributed by atoms with van der Waals surface area (Å²) in [5.74, 6) is 0.0438. The highest BCUT2D eigenvalue weighted by atomic mass is 32.1. The van der Waals surface area contributed by atoms with Gasteiger partial charge in [-0.1, -0.05) is 79.8 Å². The summed E-state index contributed by atoms with van der Waals surface area (Å²) >= 11 is 1.47. The van der Waals surface area contributed by atoms with E-state index in [2.05, 4.69) is 30.9 Å². The fourth-order valence-electron chi connectivity index (χ4n) is 7.69. The van der Waals surface area contributed by atoms with Crippen LogP contribution in [0.3, 0.4) is 0 Å². The third-order valence-electron chi connectivity index (χ3n) is 10.6. The van der Waals surface area contributed by atoms with Crippen molar-refractivity contribution in [3.05, 3.63) is 84.6 Å². The zero-order chi connectivity index (χ0) is 42.7. The van der Waals surface area contributed by atoms with Gasteiger partial charge >= 0.3 is 12.2 Å². The van der Waals surface area contributed by atoms with Gasteiger partial charge in [0.15, 0.2) is 10.8 Å². The third kappa shape index (κ3) is 9.30. The fraction of sp³-hybridized carbons (Fsp3) is 0.419. The number of imidazole rings is 2. The van der Waals surface area contributed by atoms with Crippen LogP contribution in [-0.2, 0) is 23.9 Å². The lowest BCUT2D eigenvalue weighted by molar-refractivity contribution is -0.138. The van der Waals surface area contributed by atoms with E-state index < -0.39 is 41.8 Å². The van der Waals surface area contributed by atoms with E-state index in [-0.39, 0.29) is 23.8 Å². The molecule has 4 N–H and O–H groups in total. The largest absolute Gasteiger partial charge is 0.453 e. The van der Waals surface area contributed by atoms with E-state index in [1.165, 1.54) is 23.3 Å². The molecule has 7 rings (SSSR count). The molecule has 0 aliphatic carbocycles. The topological polar surface area (TPSA) is 192 Å². The Morgan fingerprint density at radius 2 is 1.57 bits per heavy atom. The molecule has 17 heteroatoms. The Labute approximate surface area is 352 Å². The van der Waals surface area contributed by atoms with E-state index in [1.54, 1.807) is 62.3 Å². The van der Waals surface area contributed by atoms with E-state index in [4.69, 9.17) is 9.47 Å². The van der Waals surface area contributed by atoms with Gasteiger partial charge in [0, 0.05) is 19.3 Å². The van der Waals surface area contributed by atoms with Crippen LogP contribution in [0.4, 0.5) is 15.4 Å². The summed E-state index contributed by atoms with van der Waals surface area (Å²) in [6, 6.07) is 14.3. The summed E-state index contributed by atoms with van der Waals surface area (Å²) in [6.45, 7) is 9.97. The van der Waals surface area contributed by atoms with Gasteiger partial charge < -0.3 is 40.2 Å². The first-order valence-electron chi connectivity index (χ1n) is 20.1. The molecule has 3 aromatic heterocycles. The van der Waals surface area contributed by atoms with Crippen LogP contribution in [0.25, 0.3) is 26.7 Å². The van der Waals surface area contributed by atoms with Crippen molar-refractivity contribution in [1.82, 2.24) is 39.8 Å². The number of aromatic amines is 1. The number of fused-ring (bicyclic) bond motifs is 1. The van der Waals surface area contributed by atoms with Crippen molar-refractivity contribution in [2.75, 3.05) is 25.5 Å². The van der Waals surface area contributed by atoms with Crippen molar-refractivity contribution in [3.8, 4) is 21.7 Å². The summed E-state index contributed by atoms with van der Waals surface area (Å²) in [4.78, 5) is 83.6. The highest BCUT2D eigenvalue weighted by Crippen LogP contribution is 2.35. The lowest BCUT2D eigenvalue weighted by Crippen LogP contribution is -2.51. The Morgan fingerprint density at radius 1 is 0.867 bits per heavy atom. The molecule has 0 unspecified atom stereocenters. The normalized spacial score (nSPS) is 17.7. The number of carbonyl (C=O) groups is 5. The number of carbonyl (C=O) groups excluding carboxylic acids is 5.